The molecule has 0 aliphatic carbocycles. The second-order valence-corrected chi connectivity index (χ2v) is 4.62. The number of terminal acetylenes is 1. The van der Waals surface area contributed by atoms with Crippen LogP contribution >= 0.6 is 0 Å². The number of ether oxygens (including phenoxy) is 2. The van der Waals surface area contributed by atoms with Crippen molar-refractivity contribution < 1.29 is 23.5 Å². The molecular weight excluding hydrogens is 313 g/mol. The fourth-order valence-corrected chi connectivity index (χ4v) is 2.19. The minimum Gasteiger partial charge on any atom is -0.465 e. The van der Waals surface area contributed by atoms with Gasteiger partial charge in [0.2, 0.25) is 0 Å². The van der Waals surface area contributed by atoms with Crippen molar-refractivity contribution in [2.24, 2.45) is 0 Å². The highest BCUT2D eigenvalue weighted by molar-refractivity contribution is 6.05. The van der Waals surface area contributed by atoms with E-state index in [0.29, 0.717) is 5.69 Å². The van der Waals surface area contributed by atoms with E-state index >= 15 is 0 Å². The summed E-state index contributed by atoms with van der Waals surface area (Å²) in [5.41, 5.74) is 0.465. The van der Waals surface area contributed by atoms with Gasteiger partial charge in [0, 0.05) is 6.20 Å². The number of rotatable bonds is 3. The maximum Gasteiger partial charge on any atom is 0.355 e. The summed E-state index contributed by atoms with van der Waals surface area (Å²) in [6.45, 7) is 0. The topological polar surface area (TPSA) is 55.8 Å². The lowest BCUT2D eigenvalue weighted by atomic mass is 10.1. The SMILES string of the molecule is C#Cc1cc(F)ccc1N1C=CC=CC(C(=O)OC)=C1C(=O)OC. The van der Waals surface area contributed by atoms with Gasteiger partial charge in [-0.2, -0.15) is 0 Å². The maximum atomic E-state index is 13.4. The minimum atomic E-state index is -0.765. The zero-order valence-corrected chi connectivity index (χ0v) is 13.1. The Morgan fingerprint density at radius 3 is 2.50 bits per heavy atom. The van der Waals surface area contributed by atoms with E-state index in [-0.39, 0.29) is 16.8 Å². The quantitative estimate of drug-likeness (QED) is 0.630. The van der Waals surface area contributed by atoms with Gasteiger partial charge in [-0.15, -0.1) is 6.42 Å². The average molecular weight is 327 g/mol. The molecule has 6 heteroatoms. The number of carbonyl (C=O) groups is 2. The lowest BCUT2D eigenvalue weighted by Gasteiger charge is -2.24. The zero-order chi connectivity index (χ0) is 17.7. The summed E-state index contributed by atoms with van der Waals surface area (Å²) in [4.78, 5) is 25.7. The highest BCUT2D eigenvalue weighted by Gasteiger charge is 2.28. The molecule has 24 heavy (non-hydrogen) atoms. The van der Waals surface area contributed by atoms with Crippen molar-refractivity contribution in [3.05, 3.63) is 65.3 Å². The Bertz CT molecular complexity index is 815. The van der Waals surface area contributed by atoms with Crippen molar-refractivity contribution in [2.75, 3.05) is 19.1 Å². The molecule has 0 N–H and O–H groups in total. The van der Waals surface area contributed by atoms with E-state index in [1.54, 1.807) is 12.2 Å². The van der Waals surface area contributed by atoms with E-state index < -0.39 is 17.8 Å². The Labute approximate surface area is 138 Å². The summed E-state index contributed by atoms with van der Waals surface area (Å²) in [5.74, 6) is 0.367. The third kappa shape index (κ3) is 3.20. The Kier molecular flexibility index (Phi) is 5.17. The number of esters is 2. The number of carbonyl (C=O) groups excluding carboxylic acids is 2. The zero-order valence-electron chi connectivity index (χ0n) is 13.1. The molecule has 0 radical (unpaired) electrons. The summed E-state index contributed by atoms with van der Waals surface area (Å²) in [6, 6.07) is 3.78. The third-order valence-corrected chi connectivity index (χ3v) is 3.26. The Morgan fingerprint density at radius 1 is 1.17 bits per heavy atom. The molecule has 0 atom stereocenters. The van der Waals surface area contributed by atoms with Crippen molar-refractivity contribution in [3.63, 3.8) is 0 Å². The molecule has 0 unspecified atom stereocenters. The highest BCUT2D eigenvalue weighted by atomic mass is 19.1. The molecule has 0 saturated heterocycles. The monoisotopic (exact) mass is 327 g/mol. The first-order valence-electron chi connectivity index (χ1n) is 6.84. The number of hydrogen-bond donors (Lipinski definition) is 0. The van der Waals surface area contributed by atoms with Crippen molar-refractivity contribution in [2.45, 2.75) is 0 Å². The number of hydrogen-bond acceptors (Lipinski definition) is 5. The fraction of sp³-hybridized carbons (Fsp3) is 0.111. The van der Waals surface area contributed by atoms with E-state index in [1.807, 2.05) is 0 Å². The first-order valence-corrected chi connectivity index (χ1v) is 6.84. The molecule has 0 amide bonds. The molecule has 1 aromatic carbocycles. The predicted molar refractivity (Wildman–Crippen MR) is 86.2 cm³/mol. The van der Waals surface area contributed by atoms with Gasteiger partial charge in [0.05, 0.1) is 31.0 Å². The number of halogens is 1. The predicted octanol–water partition coefficient (Wildman–Crippen LogP) is 2.30. The number of anilines is 1. The summed E-state index contributed by atoms with van der Waals surface area (Å²) in [6.07, 6.45) is 11.5. The van der Waals surface area contributed by atoms with E-state index in [0.717, 1.165) is 6.07 Å². The molecule has 1 aliphatic heterocycles. The molecule has 0 saturated carbocycles. The molecule has 0 bridgehead atoms. The maximum absolute atomic E-state index is 13.4. The summed E-state index contributed by atoms with van der Waals surface area (Å²) in [7, 11) is 2.39. The summed E-state index contributed by atoms with van der Waals surface area (Å²) in [5, 5.41) is 0. The van der Waals surface area contributed by atoms with Crippen LogP contribution in [0.15, 0.2) is 53.9 Å². The Hall–Kier alpha value is -3.33. The first kappa shape index (κ1) is 17.0. The number of benzene rings is 1. The van der Waals surface area contributed by atoms with Crippen LogP contribution in [-0.2, 0) is 19.1 Å². The molecule has 0 fully saturated rings. The summed E-state index contributed by atoms with van der Waals surface area (Å²) < 4.78 is 22.9. The van der Waals surface area contributed by atoms with Gasteiger partial charge in [-0.3, -0.25) is 0 Å². The van der Waals surface area contributed by atoms with Crippen LogP contribution in [0.5, 0.6) is 0 Å². The van der Waals surface area contributed by atoms with Crippen LogP contribution < -0.4 is 4.90 Å². The molecule has 2 rings (SSSR count). The van der Waals surface area contributed by atoms with Crippen LogP contribution in [0.4, 0.5) is 10.1 Å². The molecule has 122 valence electrons. The van der Waals surface area contributed by atoms with Gasteiger partial charge in [-0.1, -0.05) is 12.0 Å². The van der Waals surface area contributed by atoms with Gasteiger partial charge in [-0.25, -0.2) is 14.0 Å². The van der Waals surface area contributed by atoms with E-state index in [9.17, 15) is 14.0 Å². The lowest BCUT2D eigenvalue weighted by molar-refractivity contribution is -0.139. The largest absolute Gasteiger partial charge is 0.465 e. The Balaban J connectivity index is 2.73. The molecule has 1 heterocycles. The first-order chi connectivity index (χ1) is 11.5. The smallest absolute Gasteiger partial charge is 0.355 e. The van der Waals surface area contributed by atoms with Crippen molar-refractivity contribution >= 4 is 17.6 Å². The Morgan fingerprint density at radius 2 is 1.88 bits per heavy atom. The van der Waals surface area contributed by atoms with Gasteiger partial charge in [0.1, 0.15) is 11.5 Å². The van der Waals surface area contributed by atoms with Crippen molar-refractivity contribution in [1.29, 1.82) is 0 Å². The second-order valence-electron chi connectivity index (χ2n) is 4.62. The van der Waals surface area contributed by atoms with Crippen LogP contribution in [0.25, 0.3) is 0 Å². The second kappa shape index (κ2) is 7.29. The minimum absolute atomic E-state index is 0.0124. The van der Waals surface area contributed by atoms with Gasteiger partial charge in [0.25, 0.3) is 0 Å². The molecule has 5 nitrogen and oxygen atoms in total. The lowest BCUT2D eigenvalue weighted by Crippen LogP contribution is -2.27. The summed E-state index contributed by atoms with van der Waals surface area (Å²) >= 11 is 0. The molecule has 1 aliphatic rings. The van der Waals surface area contributed by atoms with Gasteiger partial charge < -0.3 is 14.4 Å². The average Bonchev–Trinajstić information content (AvgIpc) is 2.82. The number of methoxy groups -OCH3 is 2. The molecule has 0 spiro atoms. The van der Waals surface area contributed by atoms with Crippen LogP contribution in [-0.4, -0.2) is 26.2 Å². The van der Waals surface area contributed by atoms with Crippen molar-refractivity contribution in [3.8, 4) is 12.3 Å². The highest BCUT2D eigenvalue weighted by Crippen LogP contribution is 2.29. The van der Waals surface area contributed by atoms with Crippen LogP contribution in [0.2, 0.25) is 0 Å². The number of allylic oxidation sites excluding steroid dienone is 2. The normalized spacial score (nSPS) is 13.3. The molecule has 0 aromatic heterocycles. The standard InChI is InChI=1S/C18H14FNO4/c1-4-12-11-13(19)8-9-15(12)20-10-6-5-7-14(17(21)23-2)16(20)18(22)24-3/h1,5-11H,2-3H3. The van der Waals surface area contributed by atoms with Crippen LogP contribution in [0, 0.1) is 18.2 Å². The van der Waals surface area contributed by atoms with E-state index in [1.165, 1.54) is 43.5 Å². The fourth-order valence-electron chi connectivity index (χ4n) is 2.19. The number of nitrogens with zero attached hydrogens (tertiary/aromatic N) is 1. The van der Waals surface area contributed by atoms with Crippen LogP contribution in [0.1, 0.15) is 5.56 Å². The van der Waals surface area contributed by atoms with E-state index in [2.05, 4.69) is 5.92 Å². The van der Waals surface area contributed by atoms with Gasteiger partial charge in [0.15, 0.2) is 0 Å². The van der Waals surface area contributed by atoms with Crippen LogP contribution in [0.3, 0.4) is 0 Å². The third-order valence-electron chi connectivity index (χ3n) is 3.26. The van der Waals surface area contributed by atoms with Gasteiger partial charge in [-0.05, 0) is 30.4 Å². The van der Waals surface area contributed by atoms with Crippen molar-refractivity contribution in [1.82, 2.24) is 0 Å². The van der Waals surface area contributed by atoms with E-state index in [4.69, 9.17) is 15.9 Å². The molecule has 1 aromatic rings. The molecular formula is C18H14FNO4. The van der Waals surface area contributed by atoms with Gasteiger partial charge >= 0.3 is 11.9 Å².